The highest BCUT2D eigenvalue weighted by molar-refractivity contribution is 7.89. The molecule has 1 heterocycles. The van der Waals surface area contributed by atoms with Crippen molar-refractivity contribution >= 4 is 10.0 Å². The average molecular weight is 220 g/mol. The van der Waals surface area contributed by atoms with Crippen molar-refractivity contribution in [2.75, 3.05) is 13.7 Å². The van der Waals surface area contributed by atoms with Gasteiger partial charge < -0.3 is 9.30 Å². The topological polar surface area (TPSA) is 100 Å². The molecule has 14 heavy (non-hydrogen) atoms. The number of primary sulfonamides is 1. The number of methoxy groups -OCH3 is 1. The summed E-state index contributed by atoms with van der Waals surface area (Å²) in [6.07, 6.45) is 0.496. The highest BCUT2D eigenvalue weighted by Gasteiger charge is 2.17. The third kappa shape index (κ3) is 2.28. The van der Waals surface area contributed by atoms with Gasteiger partial charge in [-0.25, -0.2) is 13.6 Å². The van der Waals surface area contributed by atoms with E-state index in [9.17, 15) is 8.42 Å². The van der Waals surface area contributed by atoms with Crippen molar-refractivity contribution in [1.29, 1.82) is 0 Å². The Labute approximate surface area is 81.9 Å². The van der Waals surface area contributed by atoms with Crippen LogP contribution in [-0.4, -0.2) is 36.9 Å². The van der Waals surface area contributed by atoms with E-state index in [1.807, 2.05) is 0 Å². The molecule has 80 valence electrons. The summed E-state index contributed by atoms with van der Waals surface area (Å²) >= 11 is 0. The maximum Gasteiger partial charge on any atom is 0.273 e. The van der Waals surface area contributed by atoms with Crippen LogP contribution in [0.15, 0.2) is 5.16 Å². The molecule has 0 aliphatic heterocycles. The summed E-state index contributed by atoms with van der Waals surface area (Å²) in [5.74, 6) is 0.524. The van der Waals surface area contributed by atoms with E-state index in [0.717, 1.165) is 0 Å². The van der Waals surface area contributed by atoms with Crippen molar-refractivity contribution < 1.29 is 13.2 Å². The molecular formula is C6H12N4O3S. The zero-order valence-corrected chi connectivity index (χ0v) is 8.78. The lowest BCUT2D eigenvalue weighted by atomic mass is 10.4. The van der Waals surface area contributed by atoms with Crippen LogP contribution in [0.4, 0.5) is 0 Å². The zero-order chi connectivity index (χ0) is 10.8. The van der Waals surface area contributed by atoms with Gasteiger partial charge in [0.2, 0.25) is 0 Å². The van der Waals surface area contributed by atoms with Crippen molar-refractivity contribution in [3.63, 3.8) is 0 Å². The summed E-state index contributed by atoms with van der Waals surface area (Å²) in [4.78, 5) is 0. The monoisotopic (exact) mass is 220 g/mol. The number of ether oxygens (including phenoxy) is 1. The maximum absolute atomic E-state index is 11.0. The number of nitrogens with zero attached hydrogens (tertiary/aromatic N) is 3. The first-order valence-electron chi connectivity index (χ1n) is 3.87. The Bertz CT molecular complexity index is 411. The standard InChI is InChI=1S/C6H12N4O3S/c1-10-5(3-4-13-2)8-9-6(10)14(7,11)12/h3-4H2,1-2H3,(H2,7,11,12). The number of sulfonamides is 1. The second-order valence-corrected chi connectivity index (χ2v) is 4.20. The molecular weight excluding hydrogens is 208 g/mol. The Morgan fingerprint density at radius 3 is 2.57 bits per heavy atom. The number of hydrogen-bond donors (Lipinski definition) is 1. The SMILES string of the molecule is COCCc1nnc(S(N)(=O)=O)n1C. The lowest BCUT2D eigenvalue weighted by molar-refractivity contribution is 0.199. The summed E-state index contributed by atoms with van der Waals surface area (Å²) < 4.78 is 28.1. The molecule has 0 spiro atoms. The van der Waals surface area contributed by atoms with Gasteiger partial charge in [-0.3, -0.25) is 0 Å². The van der Waals surface area contributed by atoms with Gasteiger partial charge in [0, 0.05) is 20.6 Å². The van der Waals surface area contributed by atoms with E-state index in [4.69, 9.17) is 9.88 Å². The predicted octanol–water partition coefficient (Wildman–Crippen LogP) is -1.35. The number of nitrogens with two attached hydrogens (primary N) is 1. The minimum absolute atomic E-state index is 0.233. The van der Waals surface area contributed by atoms with Gasteiger partial charge >= 0.3 is 0 Å². The molecule has 0 fully saturated rings. The second-order valence-electron chi connectivity index (χ2n) is 2.75. The summed E-state index contributed by atoms with van der Waals surface area (Å²) in [7, 11) is -0.690. The number of rotatable bonds is 4. The highest BCUT2D eigenvalue weighted by atomic mass is 32.2. The minimum atomic E-state index is -3.79. The van der Waals surface area contributed by atoms with Crippen LogP contribution in [-0.2, 0) is 28.2 Å². The number of aromatic nitrogens is 3. The molecule has 0 aromatic carbocycles. The molecule has 1 aromatic rings. The first kappa shape index (κ1) is 11.1. The smallest absolute Gasteiger partial charge is 0.273 e. The molecule has 0 atom stereocenters. The Hall–Kier alpha value is -0.990. The molecule has 1 aromatic heterocycles. The Balaban J connectivity index is 2.97. The fourth-order valence-electron chi connectivity index (χ4n) is 1.00. The van der Waals surface area contributed by atoms with Crippen LogP contribution in [0.3, 0.4) is 0 Å². The van der Waals surface area contributed by atoms with Gasteiger partial charge in [-0.05, 0) is 0 Å². The van der Waals surface area contributed by atoms with Crippen molar-refractivity contribution in [3.05, 3.63) is 5.82 Å². The van der Waals surface area contributed by atoms with E-state index in [1.165, 1.54) is 4.57 Å². The van der Waals surface area contributed by atoms with E-state index in [-0.39, 0.29) is 5.16 Å². The van der Waals surface area contributed by atoms with Crippen molar-refractivity contribution in [2.24, 2.45) is 12.2 Å². The average Bonchev–Trinajstić information content (AvgIpc) is 2.42. The quantitative estimate of drug-likeness (QED) is 0.676. The summed E-state index contributed by atoms with van der Waals surface area (Å²) in [6, 6.07) is 0. The second kappa shape index (κ2) is 4.03. The molecule has 0 radical (unpaired) electrons. The van der Waals surface area contributed by atoms with Gasteiger partial charge in [0.05, 0.1) is 6.61 Å². The lowest BCUT2D eigenvalue weighted by Crippen LogP contribution is -2.18. The highest BCUT2D eigenvalue weighted by Crippen LogP contribution is 2.04. The molecule has 0 unspecified atom stereocenters. The largest absolute Gasteiger partial charge is 0.384 e. The van der Waals surface area contributed by atoms with Gasteiger partial charge in [0.25, 0.3) is 15.2 Å². The molecule has 7 nitrogen and oxygen atoms in total. The van der Waals surface area contributed by atoms with Crippen molar-refractivity contribution in [3.8, 4) is 0 Å². The van der Waals surface area contributed by atoms with Gasteiger partial charge in [-0.2, -0.15) is 0 Å². The van der Waals surface area contributed by atoms with Gasteiger partial charge in [-0.1, -0.05) is 0 Å². The normalized spacial score (nSPS) is 11.9. The van der Waals surface area contributed by atoms with Crippen LogP contribution in [0.25, 0.3) is 0 Å². The van der Waals surface area contributed by atoms with Crippen LogP contribution in [0, 0.1) is 0 Å². The first-order chi connectivity index (χ1) is 6.46. The molecule has 1 rings (SSSR count). The molecule has 0 aliphatic carbocycles. The summed E-state index contributed by atoms with van der Waals surface area (Å²) in [6.45, 7) is 0.455. The molecule has 8 heteroatoms. The lowest BCUT2D eigenvalue weighted by Gasteiger charge is -2.01. The van der Waals surface area contributed by atoms with E-state index in [0.29, 0.717) is 18.9 Å². The van der Waals surface area contributed by atoms with Crippen LogP contribution < -0.4 is 5.14 Å². The predicted molar refractivity (Wildman–Crippen MR) is 48.0 cm³/mol. The Morgan fingerprint density at radius 1 is 1.50 bits per heavy atom. The Kier molecular flexibility index (Phi) is 3.19. The molecule has 0 bridgehead atoms. The van der Waals surface area contributed by atoms with Gasteiger partial charge in [-0.15, -0.1) is 10.2 Å². The third-order valence-electron chi connectivity index (χ3n) is 1.71. The summed E-state index contributed by atoms with van der Waals surface area (Å²) in [5, 5.41) is 11.9. The van der Waals surface area contributed by atoms with Crippen LogP contribution in [0.5, 0.6) is 0 Å². The van der Waals surface area contributed by atoms with E-state index in [2.05, 4.69) is 10.2 Å². The zero-order valence-electron chi connectivity index (χ0n) is 7.97. The van der Waals surface area contributed by atoms with Crippen LogP contribution in [0.2, 0.25) is 0 Å². The van der Waals surface area contributed by atoms with E-state index < -0.39 is 10.0 Å². The molecule has 0 saturated heterocycles. The Morgan fingerprint density at radius 2 is 2.14 bits per heavy atom. The fraction of sp³-hybridized carbons (Fsp3) is 0.667. The first-order valence-corrected chi connectivity index (χ1v) is 5.41. The van der Waals surface area contributed by atoms with E-state index in [1.54, 1.807) is 14.2 Å². The van der Waals surface area contributed by atoms with Crippen LogP contribution in [0.1, 0.15) is 5.82 Å². The summed E-state index contributed by atoms with van der Waals surface area (Å²) in [5.41, 5.74) is 0. The van der Waals surface area contributed by atoms with Gasteiger partial charge in [0.1, 0.15) is 5.82 Å². The number of hydrogen-bond acceptors (Lipinski definition) is 5. The molecule has 2 N–H and O–H groups in total. The molecule has 0 aliphatic rings. The minimum Gasteiger partial charge on any atom is -0.384 e. The third-order valence-corrected chi connectivity index (χ3v) is 2.57. The molecule has 0 amide bonds. The van der Waals surface area contributed by atoms with Gasteiger partial charge in [0.15, 0.2) is 0 Å². The molecule has 0 saturated carbocycles. The maximum atomic E-state index is 11.0. The van der Waals surface area contributed by atoms with Crippen molar-refractivity contribution in [2.45, 2.75) is 11.6 Å². The van der Waals surface area contributed by atoms with Crippen LogP contribution >= 0.6 is 0 Å². The fourth-order valence-corrected chi connectivity index (χ4v) is 1.65. The van der Waals surface area contributed by atoms with E-state index >= 15 is 0 Å². The van der Waals surface area contributed by atoms with Crippen molar-refractivity contribution in [1.82, 2.24) is 14.8 Å².